The van der Waals surface area contributed by atoms with Crippen molar-refractivity contribution in [2.45, 2.75) is 19.6 Å². The minimum absolute atomic E-state index is 0. The predicted molar refractivity (Wildman–Crippen MR) is 95.1 cm³/mol. The van der Waals surface area contributed by atoms with Crippen LogP contribution in [0.25, 0.3) is 0 Å². The Morgan fingerprint density at radius 1 is 1.26 bits per heavy atom. The SMILES string of the molecule is CC(NCC(N)=O)c1ccc(OCc2cccc(Cl)c2)cc1.Cl. The third kappa shape index (κ3) is 6.48. The molecule has 0 saturated carbocycles. The van der Waals surface area contributed by atoms with Crippen LogP contribution in [0.2, 0.25) is 5.02 Å². The van der Waals surface area contributed by atoms with Gasteiger partial charge in [-0.25, -0.2) is 0 Å². The number of nitrogens with two attached hydrogens (primary N) is 1. The van der Waals surface area contributed by atoms with E-state index in [0.717, 1.165) is 16.9 Å². The third-order valence-electron chi connectivity index (χ3n) is 3.26. The molecule has 124 valence electrons. The van der Waals surface area contributed by atoms with Crippen LogP contribution in [0, 0.1) is 0 Å². The molecule has 0 aliphatic carbocycles. The summed E-state index contributed by atoms with van der Waals surface area (Å²) in [7, 11) is 0. The Kier molecular flexibility index (Phi) is 7.89. The number of rotatable bonds is 7. The molecule has 0 heterocycles. The van der Waals surface area contributed by atoms with Crippen molar-refractivity contribution in [1.29, 1.82) is 0 Å². The number of nitrogens with one attached hydrogen (secondary N) is 1. The minimum atomic E-state index is -0.367. The monoisotopic (exact) mass is 354 g/mol. The van der Waals surface area contributed by atoms with Crippen molar-refractivity contribution >= 4 is 29.9 Å². The van der Waals surface area contributed by atoms with Crippen molar-refractivity contribution in [3.05, 3.63) is 64.7 Å². The molecule has 1 atom stereocenters. The molecular weight excluding hydrogens is 335 g/mol. The molecule has 0 aliphatic rings. The fraction of sp³-hybridized carbons (Fsp3) is 0.235. The van der Waals surface area contributed by atoms with E-state index in [9.17, 15) is 4.79 Å². The van der Waals surface area contributed by atoms with Crippen LogP contribution in [0.5, 0.6) is 5.75 Å². The topological polar surface area (TPSA) is 64.3 Å². The molecule has 3 N–H and O–H groups in total. The summed E-state index contributed by atoms with van der Waals surface area (Å²) in [5, 5.41) is 3.75. The molecule has 1 unspecified atom stereocenters. The van der Waals surface area contributed by atoms with Gasteiger partial charge in [-0.3, -0.25) is 4.79 Å². The molecule has 6 heteroatoms. The van der Waals surface area contributed by atoms with Crippen molar-refractivity contribution < 1.29 is 9.53 Å². The Bertz CT molecular complexity index is 633. The maximum Gasteiger partial charge on any atom is 0.231 e. The summed E-state index contributed by atoms with van der Waals surface area (Å²) in [6.07, 6.45) is 0. The van der Waals surface area contributed by atoms with Crippen LogP contribution in [0.1, 0.15) is 24.1 Å². The highest BCUT2D eigenvalue weighted by Gasteiger charge is 2.06. The Hall–Kier alpha value is -1.75. The van der Waals surface area contributed by atoms with Gasteiger partial charge in [-0.2, -0.15) is 0 Å². The summed E-state index contributed by atoms with van der Waals surface area (Å²) >= 11 is 5.94. The smallest absolute Gasteiger partial charge is 0.231 e. The van der Waals surface area contributed by atoms with E-state index in [0.29, 0.717) is 11.6 Å². The fourth-order valence-electron chi connectivity index (χ4n) is 2.02. The van der Waals surface area contributed by atoms with Gasteiger partial charge in [-0.05, 0) is 42.3 Å². The summed E-state index contributed by atoms with van der Waals surface area (Å²) in [5.74, 6) is 0.416. The molecule has 0 aliphatic heterocycles. The molecule has 0 bridgehead atoms. The van der Waals surface area contributed by atoms with E-state index in [1.54, 1.807) is 0 Å². The van der Waals surface area contributed by atoms with E-state index >= 15 is 0 Å². The number of ether oxygens (including phenoxy) is 1. The van der Waals surface area contributed by atoms with Crippen LogP contribution in [-0.2, 0) is 11.4 Å². The highest BCUT2D eigenvalue weighted by atomic mass is 35.5. The Morgan fingerprint density at radius 2 is 1.96 bits per heavy atom. The van der Waals surface area contributed by atoms with Gasteiger partial charge in [0, 0.05) is 11.1 Å². The van der Waals surface area contributed by atoms with Crippen molar-refractivity contribution in [2.24, 2.45) is 5.73 Å². The lowest BCUT2D eigenvalue weighted by Crippen LogP contribution is -2.30. The normalized spacial score (nSPS) is 11.4. The summed E-state index contributed by atoms with van der Waals surface area (Å²) in [4.78, 5) is 10.8. The van der Waals surface area contributed by atoms with E-state index < -0.39 is 0 Å². The van der Waals surface area contributed by atoms with Crippen LogP contribution < -0.4 is 15.8 Å². The molecule has 0 radical (unpaired) electrons. The highest BCUT2D eigenvalue weighted by Crippen LogP contribution is 2.19. The van der Waals surface area contributed by atoms with E-state index in [1.165, 1.54) is 0 Å². The van der Waals surface area contributed by atoms with Gasteiger partial charge < -0.3 is 15.8 Å². The van der Waals surface area contributed by atoms with E-state index in [-0.39, 0.29) is 30.9 Å². The Labute approximate surface area is 147 Å². The van der Waals surface area contributed by atoms with Gasteiger partial charge in [0.1, 0.15) is 12.4 Å². The van der Waals surface area contributed by atoms with Crippen LogP contribution in [0.15, 0.2) is 48.5 Å². The standard InChI is InChI=1S/C17H19ClN2O2.ClH/c1-12(20-10-17(19)21)14-5-7-16(8-6-14)22-11-13-3-2-4-15(18)9-13;/h2-9,12,20H,10-11H2,1H3,(H2,19,21);1H. The molecule has 23 heavy (non-hydrogen) atoms. The van der Waals surface area contributed by atoms with Gasteiger partial charge in [0.15, 0.2) is 0 Å². The average Bonchev–Trinajstić information content (AvgIpc) is 2.51. The van der Waals surface area contributed by atoms with Crippen LogP contribution in [0.3, 0.4) is 0 Å². The Balaban J connectivity index is 0.00000264. The molecule has 0 fully saturated rings. The summed E-state index contributed by atoms with van der Waals surface area (Å²) in [6.45, 7) is 2.61. The second kappa shape index (κ2) is 9.40. The van der Waals surface area contributed by atoms with Gasteiger partial charge in [0.05, 0.1) is 6.54 Å². The van der Waals surface area contributed by atoms with Crippen molar-refractivity contribution in [3.8, 4) is 5.75 Å². The first kappa shape index (κ1) is 19.3. The first-order valence-electron chi connectivity index (χ1n) is 7.03. The summed E-state index contributed by atoms with van der Waals surface area (Å²) < 4.78 is 5.73. The van der Waals surface area contributed by atoms with Crippen molar-refractivity contribution in [1.82, 2.24) is 5.32 Å². The van der Waals surface area contributed by atoms with E-state index in [1.807, 2.05) is 55.5 Å². The second-order valence-electron chi connectivity index (χ2n) is 5.06. The molecule has 0 saturated heterocycles. The number of hydrogen-bond acceptors (Lipinski definition) is 3. The van der Waals surface area contributed by atoms with Crippen LogP contribution in [-0.4, -0.2) is 12.5 Å². The highest BCUT2D eigenvalue weighted by molar-refractivity contribution is 6.30. The predicted octanol–water partition coefficient (Wildman–Crippen LogP) is 3.48. The van der Waals surface area contributed by atoms with Crippen molar-refractivity contribution in [3.63, 3.8) is 0 Å². The number of carbonyl (C=O) groups is 1. The van der Waals surface area contributed by atoms with E-state index in [2.05, 4.69) is 5.32 Å². The zero-order valence-corrected chi connectivity index (χ0v) is 14.4. The number of hydrogen-bond donors (Lipinski definition) is 2. The minimum Gasteiger partial charge on any atom is -0.489 e. The molecule has 2 aromatic rings. The lowest BCUT2D eigenvalue weighted by Gasteiger charge is -2.14. The van der Waals surface area contributed by atoms with Gasteiger partial charge in [-0.1, -0.05) is 35.9 Å². The number of amides is 1. The Morgan fingerprint density at radius 3 is 2.57 bits per heavy atom. The molecular formula is C17H20Cl2N2O2. The summed E-state index contributed by atoms with van der Waals surface area (Å²) in [6, 6.07) is 15.4. The number of halogens is 2. The van der Waals surface area contributed by atoms with Crippen LogP contribution >= 0.6 is 24.0 Å². The molecule has 2 aromatic carbocycles. The van der Waals surface area contributed by atoms with Crippen LogP contribution in [0.4, 0.5) is 0 Å². The molecule has 0 aromatic heterocycles. The first-order chi connectivity index (χ1) is 10.5. The number of benzene rings is 2. The van der Waals surface area contributed by atoms with Gasteiger partial charge in [-0.15, -0.1) is 12.4 Å². The first-order valence-corrected chi connectivity index (χ1v) is 7.41. The maximum atomic E-state index is 10.8. The van der Waals surface area contributed by atoms with Gasteiger partial charge >= 0.3 is 0 Å². The quantitative estimate of drug-likeness (QED) is 0.799. The summed E-state index contributed by atoms with van der Waals surface area (Å²) in [5.41, 5.74) is 7.20. The maximum absolute atomic E-state index is 10.8. The van der Waals surface area contributed by atoms with Gasteiger partial charge in [0.25, 0.3) is 0 Å². The van der Waals surface area contributed by atoms with Crippen molar-refractivity contribution in [2.75, 3.05) is 6.54 Å². The van der Waals surface area contributed by atoms with E-state index in [4.69, 9.17) is 22.1 Å². The molecule has 2 rings (SSSR count). The van der Waals surface area contributed by atoms with Gasteiger partial charge in [0.2, 0.25) is 5.91 Å². The number of carbonyl (C=O) groups excluding carboxylic acids is 1. The third-order valence-corrected chi connectivity index (χ3v) is 3.49. The zero-order valence-electron chi connectivity index (χ0n) is 12.8. The molecule has 1 amide bonds. The molecule has 4 nitrogen and oxygen atoms in total. The lowest BCUT2D eigenvalue weighted by molar-refractivity contribution is -0.117. The lowest BCUT2D eigenvalue weighted by atomic mass is 10.1. The average molecular weight is 355 g/mol. The molecule has 0 spiro atoms. The largest absolute Gasteiger partial charge is 0.489 e. The zero-order chi connectivity index (χ0) is 15.9. The number of primary amides is 1. The fourth-order valence-corrected chi connectivity index (χ4v) is 2.23. The second-order valence-corrected chi connectivity index (χ2v) is 5.49.